The second kappa shape index (κ2) is 7.18. The van der Waals surface area contributed by atoms with Gasteiger partial charge < -0.3 is 15.2 Å². The standard InChI is InChI=1S/C12H15ClFNO3/c1-2-9(6-16)15-12(17)7-18-11-4-3-8(14)5-10(11)13/h3-5,9,16H,2,6-7H2,1H3,(H,15,17). The maximum atomic E-state index is 12.8. The van der Waals surface area contributed by atoms with Crippen molar-refractivity contribution in [2.75, 3.05) is 13.2 Å². The molecule has 4 nitrogen and oxygen atoms in total. The lowest BCUT2D eigenvalue weighted by Crippen LogP contribution is -2.39. The highest BCUT2D eigenvalue weighted by Crippen LogP contribution is 2.24. The highest BCUT2D eigenvalue weighted by molar-refractivity contribution is 6.32. The van der Waals surface area contributed by atoms with Crippen molar-refractivity contribution in [2.45, 2.75) is 19.4 Å². The summed E-state index contributed by atoms with van der Waals surface area (Å²) < 4.78 is 17.9. The molecule has 0 saturated carbocycles. The largest absolute Gasteiger partial charge is 0.482 e. The zero-order chi connectivity index (χ0) is 13.5. The molecule has 1 unspecified atom stereocenters. The molecule has 0 radical (unpaired) electrons. The number of benzene rings is 1. The van der Waals surface area contributed by atoms with Gasteiger partial charge in [0, 0.05) is 0 Å². The monoisotopic (exact) mass is 275 g/mol. The maximum absolute atomic E-state index is 12.8. The second-order valence-corrected chi connectivity index (χ2v) is 4.13. The van der Waals surface area contributed by atoms with E-state index in [0.29, 0.717) is 6.42 Å². The summed E-state index contributed by atoms with van der Waals surface area (Å²) in [5.41, 5.74) is 0. The van der Waals surface area contributed by atoms with E-state index in [1.54, 1.807) is 0 Å². The van der Waals surface area contributed by atoms with E-state index in [1.807, 2.05) is 6.92 Å². The Hall–Kier alpha value is -1.33. The summed E-state index contributed by atoms with van der Waals surface area (Å²) >= 11 is 5.74. The fraction of sp³-hybridized carbons (Fsp3) is 0.417. The van der Waals surface area contributed by atoms with E-state index >= 15 is 0 Å². The fourth-order valence-corrected chi connectivity index (χ4v) is 1.50. The van der Waals surface area contributed by atoms with Crippen LogP contribution >= 0.6 is 11.6 Å². The Morgan fingerprint density at radius 2 is 2.33 bits per heavy atom. The quantitative estimate of drug-likeness (QED) is 0.831. The lowest BCUT2D eigenvalue weighted by atomic mass is 10.2. The number of amides is 1. The van der Waals surface area contributed by atoms with Crippen LogP contribution in [0.4, 0.5) is 4.39 Å². The van der Waals surface area contributed by atoms with Crippen LogP contribution in [-0.2, 0) is 4.79 Å². The van der Waals surface area contributed by atoms with Crippen molar-refractivity contribution < 1.29 is 19.0 Å². The predicted molar refractivity (Wildman–Crippen MR) is 66.2 cm³/mol. The van der Waals surface area contributed by atoms with Gasteiger partial charge in [-0.1, -0.05) is 18.5 Å². The molecular weight excluding hydrogens is 261 g/mol. The zero-order valence-electron chi connectivity index (χ0n) is 9.95. The maximum Gasteiger partial charge on any atom is 0.258 e. The molecule has 1 amide bonds. The molecular formula is C12H15ClFNO3. The smallest absolute Gasteiger partial charge is 0.258 e. The Morgan fingerprint density at radius 1 is 1.61 bits per heavy atom. The lowest BCUT2D eigenvalue weighted by Gasteiger charge is -2.14. The van der Waals surface area contributed by atoms with Crippen molar-refractivity contribution in [3.8, 4) is 5.75 Å². The molecule has 0 fully saturated rings. The number of aliphatic hydroxyl groups excluding tert-OH is 1. The number of hydrogen-bond acceptors (Lipinski definition) is 3. The molecule has 0 saturated heterocycles. The normalized spacial score (nSPS) is 12.0. The van der Waals surface area contributed by atoms with Crippen LogP contribution in [0, 0.1) is 5.82 Å². The summed E-state index contributed by atoms with van der Waals surface area (Å²) in [4.78, 5) is 11.5. The van der Waals surface area contributed by atoms with Crippen molar-refractivity contribution in [1.29, 1.82) is 0 Å². The Kier molecular flexibility index (Phi) is 5.88. The molecule has 1 rings (SSSR count). The van der Waals surface area contributed by atoms with E-state index in [-0.39, 0.29) is 35.9 Å². The third kappa shape index (κ3) is 4.50. The molecule has 0 bridgehead atoms. The van der Waals surface area contributed by atoms with Crippen molar-refractivity contribution in [3.63, 3.8) is 0 Å². The summed E-state index contributed by atoms with van der Waals surface area (Å²) in [6.07, 6.45) is 0.625. The molecule has 1 aromatic rings. The third-order valence-corrected chi connectivity index (χ3v) is 2.63. The van der Waals surface area contributed by atoms with Gasteiger partial charge >= 0.3 is 0 Å². The van der Waals surface area contributed by atoms with E-state index in [1.165, 1.54) is 12.1 Å². The molecule has 2 N–H and O–H groups in total. The van der Waals surface area contributed by atoms with Crippen LogP contribution in [0.2, 0.25) is 5.02 Å². The Bertz CT molecular complexity index is 410. The molecule has 0 heterocycles. The highest BCUT2D eigenvalue weighted by atomic mass is 35.5. The average Bonchev–Trinajstić information content (AvgIpc) is 2.35. The Balaban J connectivity index is 2.47. The van der Waals surface area contributed by atoms with Gasteiger partial charge in [-0.3, -0.25) is 4.79 Å². The minimum atomic E-state index is -0.469. The molecule has 0 spiro atoms. The Morgan fingerprint density at radius 3 is 2.89 bits per heavy atom. The van der Waals surface area contributed by atoms with Crippen molar-refractivity contribution >= 4 is 17.5 Å². The SMILES string of the molecule is CCC(CO)NC(=O)COc1ccc(F)cc1Cl. The number of halogens is 2. The molecule has 18 heavy (non-hydrogen) atoms. The number of rotatable bonds is 6. The van der Waals surface area contributed by atoms with Gasteiger partial charge in [0.15, 0.2) is 6.61 Å². The van der Waals surface area contributed by atoms with Crippen LogP contribution in [-0.4, -0.2) is 30.3 Å². The zero-order valence-corrected chi connectivity index (χ0v) is 10.7. The van der Waals surface area contributed by atoms with Gasteiger partial charge in [-0.2, -0.15) is 0 Å². The third-order valence-electron chi connectivity index (χ3n) is 2.33. The Labute approximate surface area is 110 Å². The van der Waals surface area contributed by atoms with Gasteiger partial charge in [-0.15, -0.1) is 0 Å². The number of carbonyl (C=O) groups excluding carboxylic acids is 1. The van der Waals surface area contributed by atoms with E-state index in [2.05, 4.69) is 5.32 Å². The minimum absolute atomic E-state index is 0.108. The number of hydrogen-bond donors (Lipinski definition) is 2. The average molecular weight is 276 g/mol. The molecule has 100 valence electrons. The summed E-state index contributed by atoms with van der Waals surface area (Å²) in [7, 11) is 0. The van der Waals surface area contributed by atoms with Crippen LogP contribution in [0.5, 0.6) is 5.75 Å². The van der Waals surface area contributed by atoms with Crippen LogP contribution in [0.3, 0.4) is 0 Å². The van der Waals surface area contributed by atoms with Gasteiger partial charge in [0.1, 0.15) is 11.6 Å². The first-order valence-electron chi connectivity index (χ1n) is 5.54. The summed E-state index contributed by atoms with van der Waals surface area (Å²) in [5.74, 6) is -0.593. The fourth-order valence-electron chi connectivity index (χ4n) is 1.28. The number of aliphatic hydroxyl groups is 1. The molecule has 6 heteroatoms. The van der Waals surface area contributed by atoms with Crippen LogP contribution in [0.1, 0.15) is 13.3 Å². The van der Waals surface area contributed by atoms with Crippen LogP contribution in [0.25, 0.3) is 0 Å². The van der Waals surface area contributed by atoms with E-state index in [9.17, 15) is 9.18 Å². The highest BCUT2D eigenvalue weighted by Gasteiger charge is 2.10. The molecule has 0 aliphatic carbocycles. The predicted octanol–water partition coefficient (Wildman–Crippen LogP) is 1.74. The molecule has 0 aliphatic heterocycles. The first kappa shape index (κ1) is 14.7. The molecule has 0 aromatic heterocycles. The van der Waals surface area contributed by atoms with Gasteiger partial charge in [0.25, 0.3) is 5.91 Å². The number of ether oxygens (including phenoxy) is 1. The minimum Gasteiger partial charge on any atom is -0.482 e. The van der Waals surface area contributed by atoms with Gasteiger partial charge in [0.2, 0.25) is 0 Å². The summed E-state index contributed by atoms with van der Waals surface area (Å²) in [5, 5.41) is 11.6. The topological polar surface area (TPSA) is 58.6 Å². The van der Waals surface area contributed by atoms with E-state index in [0.717, 1.165) is 6.07 Å². The second-order valence-electron chi connectivity index (χ2n) is 3.72. The number of nitrogens with one attached hydrogen (secondary N) is 1. The van der Waals surface area contributed by atoms with Crippen molar-refractivity contribution in [2.24, 2.45) is 0 Å². The van der Waals surface area contributed by atoms with Crippen molar-refractivity contribution in [1.82, 2.24) is 5.32 Å². The van der Waals surface area contributed by atoms with Crippen molar-refractivity contribution in [3.05, 3.63) is 29.0 Å². The lowest BCUT2D eigenvalue weighted by molar-refractivity contribution is -0.124. The van der Waals surface area contributed by atoms with Gasteiger partial charge in [0.05, 0.1) is 17.7 Å². The van der Waals surface area contributed by atoms with Crippen LogP contribution < -0.4 is 10.1 Å². The molecule has 1 aromatic carbocycles. The first-order valence-corrected chi connectivity index (χ1v) is 5.92. The van der Waals surface area contributed by atoms with E-state index < -0.39 is 5.82 Å². The summed E-state index contributed by atoms with van der Waals surface area (Å²) in [6, 6.07) is 3.37. The molecule has 0 aliphatic rings. The van der Waals surface area contributed by atoms with E-state index in [4.69, 9.17) is 21.4 Å². The number of carbonyl (C=O) groups is 1. The van der Waals surface area contributed by atoms with Gasteiger partial charge in [-0.25, -0.2) is 4.39 Å². The first-order chi connectivity index (χ1) is 8.56. The summed E-state index contributed by atoms with van der Waals surface area (Å²) in [6.45, 7) is 1.49. The van der Waals surface area contributed by atoms with Crippen LogP contribution in [0.15, 0.2) is 18.2 Å². The molecule has 1 atom stereocenters. The van der Waals surface area contributed by atoms with Gasteiger partial charge in [-0.05, 0) is 24.6 Å².